The van der Waals surface area contributed by atoms with Crippen molar-refractivity contribution in [3.63, 3.8) is 0 Å². The first-order valence-electron chi connectivity index (χ1n) is 10.2. The highest BCUT2D eigenvalue weighted by Gasteiger charge is 2.13. The van der Waals surface area contributed by atoms with Crippen LogP contribution in [-0.2, 0) is 17.8 Å². The highest BCUT2D eigenvalue weighted by Crippen LogP contribution is 2.31. The molecule has 0 spiro atoms. The van der Waals surface area contributed by atoms with E-state index in [4.69, 9.17) is 9.47 Å². The second-order valence-electron chi connectivity index (χ2n) is 7.18. The zero-order chi connectivity index (χ0) is 21.2. The van der Waals surface area contributed by atoms with Crippen LogP contribution in [0.2, 0.25) is 0 Å². The number of carbonyl (C=O) groups excluding carboxylic acids is 1. The third kappa shape index (κ3) is 6.34. The number of aryl methyl sites for hydroxylation is 1. The maximum atomic E-state index is 12.3. The molecule has 0 bridgehead atoms. The number of benzene rings is 2. The van der Waals surface area contributed by atoms with E-state index >= 15 is 0 Å². The SMILES string of the molecule is COc1cc(C(C)NC(=O)CCCc2ccccc2)ccc1OCc1ccncc1. The first-order chi connectivity index (χ1) is 14.7. The molecule has 0 aliphatic heterocycles. The average molecular weight is 405 g/mol. The number of methoxy groups -OCH3 is 1. The van der Waals surface area contributed by atoms with Crippen LogP contribution in [0.15, 0.2) is 73.1 Å². The molecule has 0 aliphatic rings. The second kappa shape index (κ2) is 11.0. The molecule has 0 aliphatic carbocycles. The molecular weight excluding hydrogens is 376 g/mol. The molecule has 1 atom stereocenters. The molecule has 5 heteroatoms. The molecule has 3 rings (SSSR count). The molecule has 0 saturated heterocycles. The Labute approximate surface area is 178 Å². The van der Waals surface area contributed by atoms with Crippen LogP contribution in [0.25, 0.3) is 0 Å². The number of rotatable bonds is 10. The second-order valence-corrected chi connectivity index (χ2v) is 7.18. The zero-order valence-electron chi connectivity index (χ0n) is 17.5. The van der Waals surface area contributed by atoms with Gasteiger partial charge in [-0.25, -0.2) is 0 Å². The lowest BCUT2D eigenvalue weighted by atomic mass is 10.1. The Bertz CT molecular complexity index is 930. The van der Waals surface area contributed by atoms with Gasteiger partial charge in [-0.05, 0) is 60.7 Å². The maximum Gasteiger partial charge on any atom is 0.220 e. The highest BCUT2D eigenvalue weighted by atomic mass is 16.5. The molecule has 3 aromatic rings. The van der Waals surface area contributed by atoms with Crippen LogP contribution in [0.4, 0.5) is 0 Å². The van der Waals surface area contributed by atoms with Gasteiger partial charge in [-0.1, -0.05) is 36.4 Å². The Morgan fingerprint density at radius 2 is 1.77 bits per heavy atom. The smallest absolute Gasteiger partial charge is 0.220 e. The van der Waals surface area contributed by atoms with Gasteiger partial charge in [0.05, 0.1) is 13.2 Å². The molecule has 1 unspecified atom stereocenters. The van der Waals surface area contributed by atoms with Gasteiger partial charge in [0.1, 0.15) is 6.61 Å². The minimum absolute atomic E-state index is 0.0513. The molecule has 5 nitrogen and oxygen atoms in total. The van der Waals surface area contributed by atoms with Crippen molar-refractivity contribution in [2.75, 3.05) is 7.11 Å². The molecule has 0 radical (unpaired) electrons. The van der Waals surface area contributed by atoms with Gasteiger partial charge in [-0.2, -0.15) is 0 Å². The summed E-state index contributed by atoms with van der Waals surface area (Å²) in [5.74, 6) is 1.36. The van der Waals surface area contributed by atoms with Crippen molar-refractivity contribution in [1.82, 2.24) is 10.3 Å². The number of hydrogen-bond acceptors (Lipinski definition) is 4. The molecule has 30 heavy (non-hydrogen) atoms. The van der Waals surface area contributed by atoms with E-state index in [-0.39, 0.29) is 11.9 Å². The molecule has 0 saturated carbocycles. The quantitative estimate of drug-likeness (QED) is 0.524. The normalized spacial score (nSPS) is 11.5. The average Bonchev–Trinajstić information content (AvgIpc) is 2.79. The molecule has 1 heterocycles. The minimum Gasteiger partial charge on any atom is -0.493 e. The topological polar surface area (TPSA) is 60.5 Å². The molecular formula is C25H28N2O3. The van der Waals surface area contributed by atoms with Crippen LogP contribution < -0.4 is 14.8 Å². The third-order valence-electron chi connectivity index (χ3n) is 4.92. The van der Waals surface area contributed by atoms with Gasteiger partial charge in [0.15, 0.2) is 11.5 Å². The number of amides is 1. The van der Waals surface area contributed by atoms with Crippen LogP contribution in [0.3, 0.4) is 0 Å². The van der Waals surface area contributed by atoms with Crippen molar-refractivity contribution in [3.8, 4) is 11.5 Å². The first kappa shape index (κ1) is 21.4. The minimum atomic E-state index is -0.114. The van der Waals surface area contributed by atoms with Crippen molar-refractivity contribution in [2.45, 2.75) is 38.8 Å². The molecule has 156 valence electrons. The summed E-state index contributed by atoms with van der Waals surface area (Å²) < 4.78 is 11.4. The number of nitrogens with one attached hydrogen (secondary N) is 1. The van der Waals surface area contributed by atoms with E-state index in [1.807, 2.05) is 55.5 Å². The van der Waals surface area contributed by atoms with Crippen LogP contribution in [-0.4, -0.2) is 18.0 Å². The number of aromatic nitrogens is 1. The molecule has 1 amide bonds. The van der Waals surface area contributed by atoms with Crippen molar-refractivity contribution in [2.24, 2.45) is 0 Å². The van der Waals surface area contributed by atoms with E-state index in [9.17, 15) is 4.79 Å². The highest BCUT2D eigenvalue weighted by molar-refractivity contribution is 5.76. The van der Waals surface area contributed by atoms with Crippen molar-refractivity contribution in [3.05, 3.63) is 89.7 Å². The first-order valence-corrected chi connectivity index (χ1v) is 10.2. The Morgan fingerprint density at radius 1 is 1.00 bits per heavy atom. The number of carbonyl (C=O) groups is 1. The van der Waals surface area contributed by atoms with Crippen LogP contribution >= 0.6 is 0 Å². The summed E-state index contributed by atoms with van der Waals surface area (Å²) in [4.78, 5) is 16.3. The van der Waals surface area contributed by atoms with Crippen LogP contribution in [0.1, 0.15) is 42.5 Å². The van der Waals surface area contributed by atoms with Crippen molar-refractivity contribution in [1.29, 1.82) is 0 Å². The van der Waals surface area contributed by atoms with E-state index in [0.29, 0.717) is 24.5 Å². The third-order valence-corrected chi connectivity index (χ3v) is 4.92. The molecule has 2 aromatic carbocycles. The van der Waals surface area contributed by atoms with Gasteiger partial charge in [-0.15, -0.1) is 0 Å². The van der Waals surface area contributed by atoms with E-state index in [2.05, 4.69) is 22.4 Å². The fourth-order valence-corrected chi connectivity index (χ4v) is 3.21. The van der Waals surface area contributed by atoms with Gasteiger partial charge in [0.25, 0.3) is 0 Å². The lowest BCUT2D eigenvalue weighted by molar-refractivity contribution is -0.121. The van der Waals surface area contributed by atoms with Gasteiger partial charge < -0.3 is 14.8 Å². The largest absolute Gasteiger partial charge is 0.493 e. The summed E-state index contributed by atoms with van der Waals surface area (Å²) >= 11 is 0. The molecule has 0 fully saturated rings. The summed E-state index contributed by atoms with van der Waals surface area (Å²) in [5.41, 5.74) is 3.26. The van der Waals surface area contributed by atoms with Gasteiger partial charge in [-0.3, -0.25) is 9.78 Å². The van der Waals surface area contributed by atoms with E-state index in [1.54, 1.807) is 19.5 Å². The Morgan fingerprint density at radius 3 is 2.50 bits per heavy atom. The Hall–Kier alpha value is -3.34. The lowest BCUT2D eigenvalue weighted by Gasteiger charge is -2.17. The summed E-state index contributed by atoms with van der Waals surface area (Å²) in [6, 6.07) is 19.7. The van der Waals surface area contributed by atoms with Gasteiger partial charge in [0.2, 0.25) is 5.91 Å². The number of nitrogens with zero attached hydrogens (tertiary/aromatic N) is 1. The van der Waals surface area contributed by atoms with Crippen LogP contribution in [0.5, 0.6) is 11.5 Å². The fraction of sp³-hybridized carbons (Fsp3) is 0.280. The van der Waals surface area contributed by atoms with Gasteiger partial charge in [0, 0.05) is 18.8 Å². The number of ether oxygens (including phenoxy) is 2. The summed E-state index contributed by atoms with van der Waals surface area (Å²) in [7, 11) is 1.62. The Kier molecular flexibility index (Phi) is 7.84. The maximum absolute atomic E-state index is 12.3. The summed E-state index contributed by atoms with van der Waals surface area (Å²) in [6.07, 6.45) is 5.71. The fourth-order valence-electron chi connectivity index (χ4n) is 3.21. The number of hydrogen-bond donors (Lipinski definition) is 1. The van der Waals surface area contributed by atoms with Crippen molar-refractivity contribution >= 4 is 5.91 Å². The van der Waals surface area contributed by atoms with Crippen molar-refractivity contribution < 1.29 is 14.3 Å². The Balaban J connectivity index is 1.52. The predicted molar refractivity (Wildman–Crippen MR) is 118 cm³/mol. The molecule has 1 aromatic heterocycles. The monoisotopic (exact) mass is 404 g/mol. The van der Waals surface area contributed by atoms with E-state index in [1.165, 1.54) is 5.56 Å². The van der Waals surface area contributed by atoms with Gasteiger partial charge >= 0.3 is 0 Å². The predicted octanol–water partition coefficient (Wildman–Crippen LogP) is 4.87. The summed E-state index contributed by atoms with van der Waals surface area (Å²) in [6.45, 7) is 2.41. The van der Waals surface area contributed by atoms with Crippen LogP contribution in [0, 0.1) is 0 Å². The van der Waals surface area contributed by atoms with E-state index < -0.39 is 0 Å². The zero-order valence-corrected chi connectivity index (χ0v) is 17.5. The summed E-state index contributed by atoms with van der Waals surface area (Å²) in [5, 5.41) is 3.07. The number of pyridine rings is 1. The lowest BCUT2D eigenvalue weighted by Crippen LogP contribution is -2.26. The molecule has 1 N–H and O–H groups in total. The standard InChI is InChI=1S/C25H28N2O3/c1-19(27-25(28)10-6-9-20-7-4-3-5-8-20)22-11-12-23(24(17-22)29-2)30-18-21-13-15-26-16-14-21/h3-5,7-8,11-17,19H,6,9-10,18H2,1-2H3,(H,27,28). The van der Waals surface area contributed by atoms with E-state index in [0.717, 1.165) is 24.0 Å².